The summed E-state index contributed by atoms with van der Waals surface area (Å²) in [4.78, 5) is 0. The molecule has 0 atom stereocenters. The molecule has 4 heteroatoms. The van der Waals surface area contributed by atoms with Crippen molar-refractivity contribution in [3.8, 4) is 0 Å². The van der Waals surface area contributed by atoms with Crippen molar-refractivity contribution in [2.75, 3.05) is 6.26 Å². The second-order valence-electron chi connectivity index (χ2n) is 3.12. The normalized spacial score (nSPS) is 19.2. The first-order chi connectivity index (χ1) is 4.89. The molecule has 0 heterocycles. The Morgan fingerprint density at radius 2 is 1.55 bits per heavy atom. The van der Waals surface area contributed by atoms with Crippen LogP contribution in [0.3, 0.4) is 0 Å². The van der Waals surface area contributed by atoms with Crippen molar-refractivity contribution in [3.63, 3.8) is 0 Å². The highest BCUT2D eigenvalue weighted by Crippen LogP contribution is 2.22. The fraction of sp³-hybridized carbons (Fsp3) is 1.00. The van der Waals surface area contributed by atoms with Crippen LogP contribution >= 0.6 is 0 Å². The van der Waals surface area contributed by atoms with Gasteiger partial charge in [-0.1, -0.05) is 32.6 Å². The summed E-state index contributed by atoms with van der Waals surface area (Å²) in [6.07, 6.45) is 6.66. The van der Waals surface area contributed by atoms with Gasteiger partial charge in [-0.25, -0.2) is 0 Å². The predicted molar refractivity (Wildman–Crippen MR) is 45.1 cm³/mol. The van der Waals surface area contributed by atoms with Gasteiger partial charge >= 0.3 is 0 Å². The van der Waals surface area contributed by atoms with Gasteiger partial charge in [0.15, 0.2) is 0 Å². The van der Waals surface area contributed by atoms with E-state index in [1.165, 1.54) is 25.7 Å². The predicted octanol–water partition coefficient (Wildman–Crippen LogP) is 1.70. The van der Waals surface area contributed by atoms with E-state index in [1.807, 2.05) is 0 Å². The van der Waals surface area contributed by atoms with Gasteiger partial charge in [0, 0.05) is 0 Å². The first-order valence-electron chi connectivity index (χ1n) is 3.82. The van der Waals surface area contributed by atoms with E-state index in [0.717, 1.165) is 5.92 Å². The second-order valence-corrected chi connectivity index (χ2v) is 4.59. The molecule has 1 fully saturated rings. The summed E-state index contributed by atoms with van der Waals surface area (Å²) in [5.41, 5.74) is 0. The molecular weight excluding hydrogens is 164 g/mol. The molecule has 0 aromatic carbocycles. The number of hydrogen-bond donors (Lipinski definition) is 1. The van der Waals surface area contributed by atoms with Crippen molar-refractivity contribution in [2.24, 2.45) is 5.92 Å². The van der Waals surface area contributed by atoms with Crippen LogP contribution in [0.25, 0.3) is 0 Å². The maximum absolute atomic E-state index is 9.19. The van der Waals surface area contributed by atoms with Crippen LogP contribution in [0, 0.1) is 5.92 Å². The third kappa shape index (κ3) is 13.0. The highest BCUT2D eigenvalue weighted by Gasteiger charge is 2.07. The van der Waals surface area contributed by atoms with Crippen LogP contribution in [-0.4, -0.2) is 19.2 Å². The van der Waals surface area contributed by atoms with Crippen molar-refractivity contribution in [2.45, 2.75) is 32.6 Å². The molecule has 0 aliphatic heterocycles. The first kappa shape index (κ1) is 10.9. The molecule has 3 nitrogen and oxygen atoms in total. The van der Waals surface area contributed by atoms with Crippen LogP contribution in [0.5, 0.6) is 0 Å². The van der Waals surface area contributed by atoms with Gasteiger partial charge in [0.05, 0.1) is 6.26 Å². The Hall–Kier alpha value is -0.0900. The van der Waals surface area contributed by atoms with Gasteiger partial charge in [-0.05, 0) is 5.92 Å². The average molecular weight is 180 g/mol. The Morgan fingerprint density at radius 1 is 1.27 bits per heavy atom. The molecule has 1 aliphatic rings. The summed E-state index contributed by atoms with van der Waals surface area (Å²) in [5, 5.41) is 0. The summed E-state index contributed by atoms with van der Waals surface area (Å²) in [6.45, 7) is 2.34. The van der Waals surface area contributed by atoms with Gasteiger partial charge in [-0.3, -0.25) is 4.55 Å². The van der Waals surface area contributed by atoms with Gasteiger partial charge in [0.1, 0.15) is 0 Å². The molecule has 0 spiro atoms. The van der Waals surface area contributed by atoms with Crippen LogP contribution in [0.2, 0.25) is 0 Å². The van der Waals surface area contributed by atoms with Crippen molar-refractivity contribution in [1.29, 1.82) is 0 Å². The molecule has 0 aromatic rings. The Kier molecular flexibility index (Phi) is 4.68. The zero-order valence-electron chi connectivity index (χ0n) is 7.08. The van der Waals surface area contributed by atoms with E-state index >= 15 is 0 Å². The van der Waals surface area contributed by atoms with Crippen molar-refractivity contribution in [1.82, 2.24) is 0 Å². The quantitative estimate of drug-likeness (QED) is 0.577. The van der Waals surface area contributed by atoms with E-state index in [2.05, 4.69) is 6.92 Å². The number of rotatable bonds is 0. The first-order valence-corrected chi connectivity index (χ1v) is 5.67. The van der Waals surface area contributed by atoms with E-state index in [4.69, 9.17) is 4.55 Å². The minimum Gasteiger partial charge on any atom is -0.286 e. The van der Waals surface area contributed by atoms with Crippen molar-refractivity contribution in [3.05, 3.63) is 0 Å². The van der Waals surface area contributed by atoms with Gasteiger partial charge in [0.25, 0.3) is 10.1 Å². The summed E-state index contributed by atoms with van der Waals surface area (Å²) in [5.74, 6) is 1.05. The van der Waals surface area contributed by atoms with E-state index < -0.39 is 10.1 Å². The van der Waals surface area contributed by atoms with Crippen LogP contribution in [0.15, 0.2) is 0 Å². The standard InChI is InChI=1S/C6H12.CH4O3S/c1-6-4-2-3-5-6;1-5(2,3)4/h6H,2-5H2,1H3;1H3,(H,2,3,4). The molecular formula is C7H16O3S. The maximum atomic E-state index is 9.19. The highest BCUT2D eigenvalue weighted by molar-refractivity contribution is 7.85. The van der Waals surface area contributed by atoms with E-state index in [0.29, 0.717) is 6.26 Å². The molecule has 11 heavy (non-hydrogen) atoms. The molecule has 0 amide bonds. The molecule has 1 saturated carbocycles. The van der Waals surface area contributed by atoms with E-state index in [1.54, 1.807) is 0 Å². The highest BCUT2D eigenvalue weighted by atomic mass is 32.2. The fourth-order valence-electron chi connectivity index (χ4n) is 1.13. The Morgan fingerprint density at radius 3 is 1.64 bits per heavy atom. The summed E-state index contributed by atoms with van der Waals surface area (Å²) < 4.78 is 25.9. The average Bonchev–Trinajstić information content (AvgIpc) is 2.12. The third-order valence-corrected chi connectivity index (χ3v) is 1.64. The minimum absolute atomic E-state index is 0.715. The molecule has 0 unspecified atom stereocenters. The largest absolute Gasteiger partial charge is 0.286 e. The molecule has 0 saturated heterocycles. The minimum atomic E-state index is -3.67. The topological polar surface area (TPSA) is 54.4 Å². The van der Waals surface area contributed by atoms with Crippen LogP contribution in [0.4, 0.5) is 0 Å². The van der Waals surface area contributed by atoms with Crippen molar-refractivity contribution < 1.29 is 13.0 Å². The van der Waals surface area contributed by atoms with Crippen molar-refractivity contribution >= 4 is 10.1 Å². The zero-order chi connectivity index (χ0) is 8.91. The van der Waals surface area contributed by atoms with Gasteiger partial charge in [0.2, 0.25) is 0 Å². The molecule has 0 bridgehead atoms. The monoisotopic (exact) mass is 180 g/mol. The third-order valence-electron chi connectivity index (χ3n) is 1.64. The summed E-state index contributed by atoms with van der Waals surface area (Å²) >= 11 is 0. The van der Waals surface area contributed by atoms with E-state index in [-0.39, 0.29) is 0 Å². The van der Waals surface area contributed by atoms with Crippen LogP contribution in [0.1, 0.15) is 32.6 Å². The lowest BCUT2D eigenvalue weighted by molar-refractivity contribution is 0.490. The van der Waals surface area contributed by atoms with Gasteiger partial charge in [-0.15, -0.1) is 0 Å². The molecule has 0 radical (unpaired) electrons. The van der Waals surface area contributed by atoms with Crippen LogP contribution in [-0.2, 0) is 10.1 Å². The molecule has 68 valence electrons. The van der Waals surface area contributed by atoms with Gasteiger partial charge in [-0.2, -0.15) is 8.42 Å². The Labute approximate surface area is 68.6 Å². The maximum Gasteiger partial charge on any atom is 0.261 e. The lowest BCUT2D eigenvalue weighted by atomic mass is 10.2. The summed E-state index contributed by atoms with van der Waals surface area (Å²) in [6, 6.07) is 0. The fourth-order valence-corrected chi connectivity index (χ4v) is 1.13. The molecule has 1 aliphatic carbocycles. The summed E-state index contributed by atoms with van der Waals surface area (Å²) in [7, 11) is -3.67. The molecule has 1 rings (SSSR count). The van der Waals surface area contributed by atoms with E-state index in [9.17, 15) is 8.42 Å². The smallest absolute Gasteiger partial charge is 0.261 e. The SMILES string of the molecule is CC1CCCC1.CS(=O)(=O)O. The lowest BCUT2D eigenvalue weighted by Crippen LogP contribution is -1.88. The van der Waals surface area contributed by atoms with Gasteiger partial charge < -0.3 is 0 Å². The number of hydrogen-bond acceptors (Lipinski definition) is 2. The Balaban J connectivity index is 0.000000187. The van der Waals surface area contributed by atoms with Crippen LogP contribution < -0.4 is 0 Å². The molecule has 0 aromatic heterocycles. The zero-order valence-corrected chi connectivity index (χ0v) is 7.89. The molecule has 1 N–H and O–H groups in total. The Bertz CT molecular complexity index is 170. The lowest BCUT2D eigenvalue weighted by Gasteiger charge is -1.91. The second kappa shape index (κ2) is 4.72.